The molecule has 0 bridgehead atoms. The second kappa shape index (κ2) is 10.6. The molecule has 0 aromatic heterocycles. The fraction of sp³-hybridized carbons (Fsp3) is 0.286. The summed E-state index contributed by atoms with van der Waals surface area (Å²) in [5.74, 6) is 0.867. The number of halogens is 1. The highest BCUT2D eigenvalue weighted by atomic mass is 79.9. The molecule has 0 spiro atoms. The number of nitrogens with one attached hydrogen (secondary N) is 1. The summed E-state index contributed by atoms with van der Waals surface area (Å²) in [5.41, 5.74) is 8.89. The van der Waals surface area contributed by atoms with E-state index in [1.165, 1.54) is 0 Å². The Bertz CT molecular complexity index is 947. The van der Waals surface area contributed by atoms with Crippen molar-refractivity contribution < 1.29 is 10.2 Å². The standard InChI is InChI=1S/C20H20BrN5O.CH4O/c21-17-10-14(4-6-18(17)27)12-25-19(23)16-9-13(11-22)3-5-15(16)20(24)26-7-1-2-8-26;1-2/h3-6,9-10,24,27H,1-2,7-8,12H2,(H2,23,25);2H,1H3. The van der Waals surface area contributed by atoms with E-state index < -0.39 is 0 Å². The van der Waals surface area contributed by atoms with Gasteiger partial charge in [-0.3, -0.25) is 10.4 Å². The average Bonchev–Trinajstić information content (AvgIpc) is 3.29. The number of benzene rings is 2. The predicted octanol–water partition coefficient (Wildman–Crippen LogP) is 2.96. The third kappa shape index (κ3) is 5.56. The van der Waals surface area contributed by atoms with Crippen molar-refractivity contribution in [2.75, 3.05) is 20.2 Å². The Morgan fingerprint density at radius 3 is 2.52 bits per heavy atom. The van der Waals surface area contributed by atoms with Crippen molar-refractivity contribution in [2.24, 2.45) is 10.7 Å². The zero-order chi connectivity index (χ0) is 21.4. The zero-order valence-corrected chi connectivity index (χ0v) is 17.8. The lowest BCUT2D eigenvalue weighted by Crippen LogP contribution is -2.30. The smallest absolute Gasteiger partial charge is 0.129 e. The number of amidine groups is 2. The number of aliphatic imine (C=N–C) groups is 1. The molecule has 0 unspecified atom stereocenters. The van der Waals surface area contributed by atoms with Crippen molar-refractivity contribution in [3.63, 3.8) is 0 Å². The molecule has 5 N–H and O–H groups in total. The molecule has 8 heteroatoms. The molecule has 1 aliphatic heterocycles. The van der Waals surface area contributed by atoms with Gasteiger partial charge >= 0.3 is 0 Å². The minimum atomic E-state index is 0.166. The number of aromatic hydroxyl groups is 1. The molecule has 0 amide bonds. The van der Waals surface area contributed by atoms with Crippen LogP contribution in [0.2, 0.25) is 0 Å². The third-order valence-corrected chi connectivity index (χ3v) is 5.18. The molecule has 0 saturated carbocycles. The maximum absolute atomic E-state index is 9.59. The van der Waals surface area contributed by atoms with E-state index in [2.05, 4.69) is 27.0 Å². The molecular formula is C21H24BrN5O2. The first-order valence-electron chi connectivity index (χ1n) is 9.10. The second-order valence-electron chi connectivity index (χ2n) is 6.40. The van der Waals surface area contributed by atoms with Crippen molar-refractivity contribution >= 4 is 27.6 Å². The van der Waals surface area contributed by atoms with Crippen LogP contribution in [0.15, 0.2) is 45.9 Å². The number of hydrogen-bond acceptors (Lipinski definition) is 5. The number of nitrogens with two attached hydrogens (primary N) is 1. The first kappa shape index (κ1) is 22.4. The van der Waals surface area contributed by atoms with Gasteiger partial charge in [0, 0.05) is 31.3 Å². The maximum Gasteiger partial charge on any atom is 0.129 e. The number of hydrogen-bond donors (Lipinski definition) is 4. The Kier molecular flexibility index (Phi) is 8.19. The molecular weight excluding hydrogens is 434 g/mol. The SMILES string of the molecule is CO.N#Cc1ccc(C(=N)N2CCCC2)c(C(N)=NCc2ccc(O)c(Br)c2)c1. The zero-order valence-electron chi connectivity index (χ0n) is 16.2. The van der Waals surface area contributed by atoms with Gasteiger partial charge in [-0.1, -0.05) is 6.07 Å². The topological polar surface area (TPSA) is 130 Å². The monoisotopic (exact) mass is 457 g/mol. The molecule has 2 aromatic carbocycles. The number of nitrogens with zero attached hydrogens (tertiary/aromatic N) is 3. The fourth-order valence-corrected chi connectivity index (χ4v) is 3.48. The molecule has 1 heterocycles. The summed E-state index contributed by atoms with van der Waals surface area (Å²) in [6, 6.07) is 12.4. The number of phenols is 1. The van der Waals surface area contributed by atoms with Crippen LogP contribution >= 0.6 is 15.9 Å². The molecule has 1 saturated heterocycles. The van der Waals surface area contributed by atoms with Gasteiger partial charge in [0.1, 0.15) is 17.4 Å². The van der Waals surface area contributed by atoms with Gasteiger partial charge < -0.3 is 20.8 Å². The number of phenolic OH excluding ortho intramolecular Hbond substituents is 1. The normalized spacial score (nSPS) is 13.4. The molecule has 29 heavy (non-hydrogen) atoms. The van der Waals surface area contributed by atoms with Gasteiger partial charge in [-0.15, -0.1) is 0 Å². The first-order chi connectivity index (χ1) is 14.0. The van der Waals surface area contributed by atoms with Crippen LogP contribution in [0.3, 0.4) is 0 Å². The van der Waals surface area contributed by atoms with Gasteiger partial charge in [-0.2, -0.15) is 5.26 Å². The fourth-order valence-electron chi connectivity index (χ4n) is 3.05. The lowest BCUT2D eigenvalue weighted by atomic mass is 10.0. The average molecular weight is 458 g/mol. The number of likely N-dealkylation sites (tertiary alicyclic amines) is 1. The molecule has 0 aliphatic carbocycles. The summed E-state index contributed by atoms with van der Waals surface area (Å²) in [5, 5.41) is 34.4. The van der Waals surface area contributed by atoms with Crippen LogP contribution < -0.4 is 5.73 Å². The van der Waals surface area contributed by atoms with Gasteiger partial charge in [-0.25, -0.2) is 0 Å². The molecule has 0 atom stereocenters. The van der Waals surface area contributed by atoms with E-state index in [-0.39, 0.29) is 11.6 Å². The number of aliphatic hydroxyl groups is 1. The minimum Gasteiger partial charge on any atom is -0.507 e. The Morgan fingerprint density at radius 1 is 1.21 bits per heavy atom. The minimum absolute atomic E-state index is 0.166. The van der Waals surface area contributed by atoms with Crippen molar-refractivity contribution in [2.45, 2.75) is 19.4 Å². The summed E-state index contributed by atoms with van der Waals surface area (Å²) >= 11 is 3.29. The summed E-state index contributed by atoms with van der Waals surface area (Å²) in [6.07, 6.45) is 2.15. The third-order valence-electron chi connectivity index (χ3n) is 4.55. The highest BCUT2D eigenvalue weighted by molar-refractivity contribution is 9.10. The van der Waals surface area contributed by atoms with Crippen LogP contribution in [0.4, 0.5) is 0 Å². The van der Waals surface area contributed by atoms with Gasteiger partial charge in [0.05, 0.1) is 22.7 Å². The van der Waals surface area contributed by atoms with E-state index >= 15 is 0 Å². The summed E-state index contributed by atoms with van der Waals surface area (Å²) in [6.45, 7) is 2.05. The largest absolute Gasteiger partial charge is 0.507 e. The van der Waals surface area contributed by atoms with Gasteiger partial charge in [-0.05, 0) is 64.7 Å². The van der Waals surface area contributed by atoms with E-state index in [4.69, 9.17) is 16.2 Å². The summed E-state index contributed by atoms with van der Waals surface area (Å²) in [7, 11) is 1.00. The van der Waals surface area contributed by atoms with E-state index in [0.717, 1.165) is 38.6 Å². The quantitative estimate of drug-likeness (QED) is 0.414. The van der Waals surface area contributed by atoms with E-state index in [0.29, 0.717) is 33.5 Å². The molecule has 3 rings (SSSR count). The molecule has 2 aromatic rings. The first-order valence-corrected chi connectivity index (χ1v) is 9.89. The van der Waals surface area contributed by atoms with Gasteiger partial charge in [0.25, 0.3) is 0 Å². The number of rotatable bonds is 4. The lowest BCUT2D eigenvalue weighted by molar-refractivity contribution is 0.399. The predicted molar refractivity (Wildman–Crippen MR) is 117 cm³/mol. The van der Waals surface area contributed by atoms with E-state index in [1.807, 2.05) is 4.90 Å². The Balaban J connectivity index is 0.00000145. The summed E-state index contributed by atoms with van der Waals surface area (Å²) in [4.78, 5) is 6.47. The summed E-state index contributed by atoms with van der Waals surface area (Å²) < 4.78 is 0.594. The van der Waals surface area contributed by atoms with E-state index in [1.54, 1.807) is 36.4 Å². The van der Waals surface area contributed by atoms with Crippen molar-refractivity contribution in [1.29, 1.82) is 10.7 Å². The van der Waals surface area contributed by atoms with Crippen molar-refractivity contribution in [1.82, 2.24) is 4.90 Å². The number of nitriles is 1. The van der Waals surface area contributed by atoms with Gasteiger partial charge in [0.2, 0.25) is 0 Å². The van der Waals surface area contributed by atoms with Crippen LogP contribution in [0.1, 0.15) is 35.1 Å². The van der Waals surface area contributed by atoms with Crippen LogP contribution in [0.5, 0.6) is 5.75 Å². The van der Waals surface area contributed by atoms with Crippen molar-refractivity contribution in [3.8, 4) is 11.8 Å². The van der Waals surface area contributed by atoms with Gasteiger partial charge in [0.15, 0.2) is 0 Å². The van der Waals surface area contributed by atoms with Crippen LogP contribution in [0, 0.1) is 16.7 Å². The Morgan fingerprint density at radius 2 is 1.90 bits per heavy atom. The van der Waals surface area contributed by atoms with Crippen LogP contribution in [0.25, 0.3) is 0 Å². The van der Waals surface area contributed by atoms with Crippen LogP contribution in [-0.2, 0) is 6.54 Å². The second-order valence-corrected chi connectivity index (χ2v) is 7.26. The van der Waals surface area contributed by atoms with Crippen LogP contribution in [-0.4, -0.2) is 47.0 Å². The molecule has 0 radical (unpaired) electrons. The van der Waals surface area contributed by atoms with E-state index in [9.17, 15) is 10.4 Å². The molecule has 152 valence electrons. The lowest BCUT2D eigenvalue weighted by Gasteiger charge is -2.20. The Labute approximate surface area is 178 Å². The highest BCUT2D eigenvalue weighted by Gasteiger charge is 2.20. The maximum atomic E-state index is 9.59. The highest BCUT2D eigenvalue weighted by Crippen LogP contribution is 2.25. The molecule has 7 nitrogen and oxygen atoms in total. The number of aliphatic hydroxyl groups excluding tert-OH is 1. The van der Waals surface area contributed by atoms with Crippen molar-refractivity contribution in [3.05, 3.63) is 63.1 Å². The molecule has 1 fully saturated rings. The Hall–Kier alpha value is -2.89. The molecule has 1 aliphatic rings.